The first-order chi connectivity index (χ1) is 5.84. The first-order valence-corrected chi connectivity index (χ1v) is 4.67. The van der Waals surface area contributed by atoms with Gasteiger partial charge in [-0.3, -0.25) is 4.98 Å². The molecule has 0 aliphatic rings. The molecule has 0 unspecified atom stereocenters. The lowest BCUT2D eigenvalue weighted by atomic mass is 10.2. The van der Waals surface area contributed by atoms with Crippen LogP contribution >= 0.6 is 15.9 Å². The van der Waals surface area contributed by atoms with Crippen LogP contribution in [0.3, 0.4) is 0 Å². The summed E-state index contributed by atoms with van der Waals surface area (Å²) in [6.07, 6.45) is 5.06. The van der Waals surface area contributed by atoms with Crippen LogP contribution in [-0.4, -0.2) is 11.3 Å². The van der Waals surface area contributed by atoms with Crippen molar-refractivity contribution in [3.05, 3.63) is 28.5 Å². The summed E-state index contributed by atoms with van der Waals surface area (Å²) in [5, 5.41) is 0. The molecule has 12 heavy (non-hydrogen) atoms. The summed E-state index contributed by atoms with van der Waals surface area (Å²) in [4.78, 5) is 14.2. The Morgan fingerprint density at radius 2 is 2.42 bits per heavy atom. The second kappa shape index (κ2) is 5.04. The van der Waals surface area contributed by atoms with E-state index in [2.05, 4.69) is 20.9 Å². The zero-order valence-electron chi connectivity index (χ0n) is 6.66. The van der Waals surface area contributed by atoms with Gasteiger partial charge in [-0.25, -0.2) is 0 Å². The van der Waals surface area contributed by atoms with Crippen LogP contribution in [0, 0.1) is 0 Å². The summed E-state index contributed by atoms with van der Waals surface area (Å²) in [5.74, 6) is 0. The molecule has 0 aromatic carbocycles. The number of rotatable bonds is 4. The molecular weight excluding hydrogens is 218 g/mol. The first kappa shape index (κ1) is 9.39. The van der Waals surface area contributed by atoms with Gasteiger partial charge in [0.15, 0.2) is 0 Å². The third-order valence-electron chi connectivity index (χ3n) is 1.57. The van der Waals surface area contributed by atoms with Crippen LogP contribution in [0.5, 0.6) is 0 Å². The molecule has 1 rings (SSSR count). The lowest BCUT2D eigenvalue weighted by molar-refractivity contribution is -0.107. The average Bonchev–Trinajstić information content (AvgIpc) is 2.09. The highest BCUT2D eigenvalue weighted by molar-refractivity contribution is 9.10. The smallest absolute Gasteiger partial charge is 0.120 e. The number of hydrogen-bond acceptors (Lipinski definition) is 2. The minimum atomic E-state index is 0.614. The molecule has 3 heteroatoms. The van der Waals surface area contributed by atoms with Gasteiger partial charge in [0.2, 0.25) is 0 Å². The first-order valence-electron chi connectivity index (χ1n) is 3.87. The number of pyridine rings is 1. The van der Waals surface area contributed by atoms with Crippen molar-refractivity contribution >= 4 is 22.2 Å². The molecule has 0 saturated heterocycles. The van der Waals surface area contributed by atoms with Crippen LogP contribution in [-0.2, 0) is 11.2 Å². The van der Waals surface area contributed by atoms with Crippen LogP contribution in [0.1, 0.15) is 18.5 Å². The van der Waals surface area contributed by atoms with Crippen molar-refractivity contribution in [3.63, 3.8) is 0 Å². The molecule has 64 valence electrons. The van der Waals surface area contributed by atoms with E-state index in [1.807, 2.05) is 12.1 Å². The molecule has 1 aromatic rings. The van der Waals surface area contributed by atoms with Gasteiger partial charge in [-0.05, 0) is 40.9 Å². The summed E-state index contributed by atoms with van der Waals surface area (Å²) in [6, 6.07) is 3.84. The van der Waals surface area contributed by atoms with E-state index in [1.165, 1.54) is 0 Å². The van der Waals surface area contributed by atoms with E-state index < -0.39 is 0 Å². The van der Waals surface area contributed by atoms with Gasteiger partial charge in [-0.15, -0.1) is 0 Å². The minimum Gasteiger partial charge on any atom is -0.303 e. The number of aryl methyl sites for hydroxylation is 1. The Morgan fingerprint density at radius 1 is 1.58 bits per heavy atom. The Balaban J connectivity index is 2.51. The molecule has 1 aromatic heterocycles. The van der Waals surface area contributed by atoms with Gasteiger partial charge in [0.1, 0.15) is 6.29 Å². The number of hydrogen-bond donors (Lipinski definition) is 0. The fourth-order valence-corrected chi connectivity index (χ4v) is 1.41. The molecule has 0 radical (unpaired) electrons. The Bertz CT molecular complexity index is 262. The van der Waals surface area contributed by atoms with E-state index in [0.717, 1.165) is 29.3 Å². The molecule has 0 fully saturated rings. The predicted molar refractivity (Wildman–Crippen MR) is 50.9 cm³/mol. The maximum Gasteiger partial charge on any atom is 0.120 e. The quantitative estimate of drug-likeness (QED) is 0.584. The molecular formula is C9H10BrNO. The van der Waals surface area contributed by atoms with Crippen LogP contribution < -0.4 is 0 Å². The molecule has 0 bridgehead atoms. The van der Waals surface area contributed by atoms with Gasteiger partial charge in [0.25, 0.3) is 0 Å². The molecule has 1 heterocycles. The van der Waals surface area contributed by atoms with Crippen LogP contribution in [0.25, 0.3) is 0 Å². The molecule has 0 aliphatic carbocycles. The van der Waals surface area contributed by atoms with E-state index in [0.29, 0.717) is 6.42 Å². The van der Waals surface area contributed by atoms with Crippen molar-refractivity contribution < 1.29 is 4.79 Å². The largest absolute Gasteiger partial charge is 0.303 e. The van der Waals surface area contributed by atoms with E-state index in [-0.39, 0.29) is 0 Å². The van der Waals surface area contributed by atoms with Gasteiger partial charge in [0, 0.05) is 17.1 Å². The monoisotopic (exact) mass is 227 g/mol. The normalized spacial score (nSPS) is 9.75. The van der Waals surface area contributed by atoms with Crippen molar-refractivity contribution in [1.82, 2.24) is 4.98 Å². The van der Waals surface area contributed by atoms with Gasteiger partial charge in [-0.2, -0.15) is 0 Å². The summed E-state index contributed by atoms with van der Waals surface area (Å²) in [5.41, 5.74) is 1.03. The highest BCUT2D eigenvalue weighted by atomic mass is 79.9. The van der Waals surface area contributed by atoms with Crippen molar-refractivity contribution in [2.24, 2.45) is 0 Å². The summed E-state index contributed by atoms with van der Waals surface area (Å²) in [6.45, 7) is 0. The molecule has 0 atom stereocenters. The number of carbonyl (C=O) groups excluding carboxylic acids is 1. The summed E-state index contributed by atoms with van der Waals surface area (Å²) < 4.78 is 1.02. The third-order valence-corrected chi connectivity index (χ3v) is 2.29. The standard InChI is InChI=1S/C9H10BrNO/c10-8-4-3-6-11-9(8)5-1-2-7-12/h3-4,6-7H,1-2,5H2. The Labute approximate surface area is 80.1 Å². The number of halogens is 1. The van der Waals surface area contributed by atoms with Crippen molar-refractivity contribution in [1.29, 1.82) is 0 Å². The van der Waals surface area contributed by atoms with Crippen molar-refractivity contribution in [3.8, 4) is 0 Å². The SMILES string of the molecule is O=CCCCc1ncccc1Br. The van der Waals surface area contributed by atoms with Crippen LogP contribution in [0.4, 0.5) is 0 Å². The van der Waals surface area contributed by atoms with E-state index in [4.69, 9.17) is 0 Å². The Kier molecular flexibility index (Phi) is 3.94. The molecule has 0 aliphatic heterocycles. The van der Waals surface area contributed by atoms with Gasteiger partial charge in [0.05, 0.1) is 5.69 Å². The lowest BCUT2D eigenvalue weighted by Crippen LogP contribution is -1.91. The lowest BCUT2D eigenvalue weighted by Gasteiger charge is -1.99. The highest BCUT2D eigenvalue weighted by Gasteiger charge is 1.98. The molecule has 0 N–H and O–H groups in total. The fourth-order valence-electron chi connectivity index (χ4n) is 0.955. The number of unbranched alkanes of at least 4 members (excludes halogenated alkanes) is 1. The van der Waals surface area contributed by atoms with Crippen molar-refractivity contribution in [2.75, 3.05) is 0 Å². The maximum atomic E-state index is 10.0. The zero-order valence-corrected chi connectivity index (χ0v) is 8.25. The average molecular weight is 228 g/mol. The van der Waals surface area contributed by atoms with E-state index >= 15 is 0 Å². The number of nitrogens with zero attached hydrogens (tertiary/aromatic N) is 1. The minimum absolute atomic E-state index is 0.614. The van der Waals surface area contributed by atoms with Gasteiger partial charge in [-0.1, -0.05) is 0 Å². The van der Waals surface area contributed by atoms with Crippen LogP contribution in [0.15, 0.2) is 22.8 Å². The fraction of sp³-hybridized carbons (Fsp3) is 0.333. The maximum absolute atomic E-state index is 10.0. The van der Waals surface area contributed by atoms with Crippen molar-refractivity contribution in [2.45, 2.75) is 19.3 Å². The molecule has 0 saturated carbocycles. The molecule has 0 amide bonds. The predicted octanol–water partition coefficient (Wildman–Crippen LogP) is 2.37. The Hall–Kier alpha value is -0.700. The number of aldehydes is 1. The summed E-state index contributed by atoms with van der Waals surface area (Å²) in [7, 11) is 0. The topological polar surface area (TPSA) is 30.0 Å². The van der Waals surface area contributed by atoms with Crippen LogP contribution in [0.2, 0.25) is 0 Å². The zero-order chi connectivity index (χ0) is 8.81. The molecule has 2 nitrogen and oxygen atoms in total. The number of carbonyl (C=O) groups is 1. The van der Waals surface area contributed by atoms with E-state index in [1.54, 1.807) is 6.20 Å². The summed E-state index contributed by atoms with van der Waals surface area (Å²) >= 11 is 3.40. The second-order valence-electron chi connectivity index (χ2n) is 2.49. The Morgan fingerprint density at radius 3 is 3.08 bits per heavy atom. The second-order valence-corrected chi connectivity index (χ2v) is 3.35. The molecule has 0 spiro atoms. The highest BCUT2D eigenvalue weighted by Crippen LogP contribution is 2.14. The third kappa shape index (κ3) is 2.74. The van der Waals surface area contributed by atoms with Gasteiger partial charge >= 0.3 is 0 Å². The number of aromatic nitrogens is 1. The van der Waals surface area contributed by atoms with E-state index in [9.17, 15) is 4.79 Å². The van der Waals surface area contributed by atoms with Gasteiger partial charge < -0.3 is 4.79 Å².